The fraction of sp³-hybridized carbons (Fsp3) is 0.667. The minimum Gasteiger partial charge on any atom is -0.316 e. The van der Waals surface area contributed by atoms with Crippen molar-refractivity contribution in [2.75, 3.05) is 19.6 Å². The SMILES string of the molecule is CC(C)C(CNCC1CNCc2ccccc21)C(C)C. The fourth-order valence-corrected chi connectivity index (χ4v) is 3.43. The number of benzene rings is 1. The second kappa shape index (κ2) is 7.24. The molecule has 0 saturated carbocycles. The van der Waals surface area contributed by atoms with E-state index in [9.17, 15) is 0 Å². The zero-order valence-electron chi connectivity index (χ0n) is 13.4. The summed E-state index contributed by atoms with van der Waals surface area (Å²) in [6.45, 7) is 13.7. The summed E-state index contributed by atoms with van der Waals surface area (Å²) in [6.07, 6.45) is 0. The molecule has 1 aromatic carbocycles. The van der Waals surface area contributed by atoms with Gasteiger partial charge in [0.25, 0.3) is 0 Å². The van der Waals surface area contributed by atoms with E-state index in [-0.39, 0.29) is 0 Å². The molecular formula is C18H30N2. The number of fused-ring (bicyclic) bond motifs is 1. The van der Waals surface area contributed by atoms with Crippen molar-refractivity contribution in [2.45, 2.75) is 40.2 Å². The van der Waals surface area contributed by atoms with Crippen LogP contribution in [0.5, 0.6) is 0 Å². The molecule has 0 saturated heterocycles. The van der Waals surface area contributed by atoms with Crippen LogP contribution in [0.25, 0.3) is 0 Å². The number of hydrogen-bond acceptors (Lipinski definition) is 2. The molecule has 1 heterocycles. The van der Waals surface area contributed by atoms with Crippen molar-refractivity contribution in [1.82, 2.24) is 10.6 Å². The zero-order valence-corrected chi connectivity index (χ0v) is 13.4. The molecule has 20 heavy (non-hydrogen) atoms. The highest BCUT2D eigenvalue weighted by Gasteiger charge is 2.21. The molecular weight excluding hydrogens is 244 g/mol. The van der Waals surface area contributed by atoms with Crippen molar-refractivity contribution in [3.8, 4) is 0 Å². The Morgan fingerprint density at radius 2 is 1.85 bits per heavy atom. The number of hydrogen-bond donors (Lipinski definition) is 2. The zero-order chi connectivity index (χ0) is 14.5. The molecule has 2 rings (SSSR count). The average Bonchev–Trinajstić information content (AvgIpc) is 2.42. The van der Waals surface area contributed by atoms with E-state index in [4.69, 9.17) is 0 Å². The Balaban J connectivity index is 1.89. The van der Waals surface area contributed by atoms with Gasteiger partial charge < -0.3 is 10.6 Å². The maximum atomic E-state index is 3.72. The second-order valence-electron chi connectivity index (χ2n) is 6.84. The average molecular weight is 274 g/mol. The molecule has 0 spiro atoms. The Kier molecular flexibility index (Phi) is 5.62. The van der Waals surface area contributed by atoms with E-state index in [1.807, 2.05) is 0 Å². The van der Waals surface area contributed by atoms with Gasteiger partial charge in [-0.2, -0.15) is 0 Å². The normalized spacial score (nSPS) is 18.9. The van der Waals surface area contributed by atoms with E-state index in [0.29, 0.717) is 5.92 Å². The van der Waals surface area contributed by atoms with E-state index in [1.54, 1.807) is 0 Å². The number of rotatable bonds is 6. The van der Waals surface area contributed by atoms with Gasteiger partial charge in [0.2, 0.25) is 0 Å². The molecule has 1 unspecified atom stereocenters. The van der Waals surface area contributed by atoms with Crippen molar-refractivity contribution < 1.29 is 0 Å². The van der Waals surface area contributed by atoms with Crippen LogP contribution in [0.15, 0.2) is 24.3 Å². The van der Waals surface area contributed by atoms with Gasteiger partial charge in [0.1, 0.15) is 0 Å². The van der Waals surface area contributed by atoms with Gasteiger partial charge >= 0.3 is 0 Å². The lowest BCUT2D eigenvalue weighted by molar-refractivity contribution is 0.273. The quantitative estimate of drug-likeness (QED) is 0.831. The first kappa shape index (κ1) is 15.5. The summed E-state index contributed by atoms with van der Waals surface area (Å²) in [6, 6.07) is 8.86. The predicted molar refractivity (Wildman–Crippen MR) is 86.9 cm³/mol. The van der Waals surface area contributed by atoms with Gasteiger partial charge in [-0.05, 0) is 35.4 Å². The fourth-order valence-electron chi connectivity index (χ4n) is 3.43. The van der Waals surface area contributed by atoms with Crippen LogP contribution < -0.4 is 10.6 Å². The highest BCUT2D eigenvalue weighted by atomic mass is 14.9. The maximum absolute atomic E-state index is 3.72. The Hall–Kier alpha value is -0.860. The molecule has 0 bridgehead atoms. The van der Waals surface area contributed by atoms with Gasteiger partial charge in [-0.3, -0.25) is 0 Å². The molecule has 112 valence electrons. The molecule has 0 radical (unpaired) electrons. The van der Waals surface area contributed by atoms with Crippen LogP contribution in [-0.4, -0.2) is 19.6 Å². The third kappa shape index (κ3) is 3.83. The third-order valence-corrected chi connectivity index (χ3v) is 4.68. The first-order valence-electron chi connectivity index (χ1n) is 8.08. The van der Waals surface area contributed by atoms with Gasteiger partial charge in [-0.25, -0.2) is 0 Å². The summed E-state index contributed by atoms with van der Waals surface area (Å²) in [7, 11) is 0. The van der Waals surface area contributed by atoms with Crippen LogP contribution in [0.3, 0.4) is 0 Å². The number of nitrogens with one attached hydrogen (secondary N) is 2. The van der Waals surface area contributed by atoms with Crippen molar-refractivity contribution in [3.05, 3.63) is 35.4 Å². The summed E-state index contributed by atoms with van der Waals surface area (Å²) in [4.78, 5) is 0. The van der Waals surface area contributed by atoms with Gasteiger partial charge in [0.05, 0.1) is 0 Å². The summed E-state index contributed by atoms with van der Waals surface area (Å²) >= 11 is 0. The molecule has 0 amide bonds. The lowest BCUT2D eigenvalue weighted by Crippen LogP contribution is -2.37. The van der Waals surface area contributed by atoms with Gasteiger partial charge in [-0.15, -0.1) is 0 Å². The van der Waals surface area contributed by atoms with E-state index < -0.39 is 0 Å². The van der Waals surface area contributed by atoms with Gasteiger partial charge in [0, 0.05) is 25.6 Å². The van der Waals surface area contributed by atoms with Crippen LogP contribution >= 0.6 is 0 Å². The molecule has 1 atom stereocenters. The monoisotopic (exact) mass is 274 g/mol. The summed E-state index contributed by atoms with van der Waals surface area (Å²) in [5, 5.41) is 7.25. The first-order valence-corrected chi connectivity index (χ1v) is 8.08. The Bertz CT molecular complexity index is 404. The van der Waals surface area contributed by atoms with E-state index in [1.165, 1.54) is 11.1 Å². The lowest BCUT2D eigenvalue weighted by atomic mass is 9.85. The highest BCUT2D eigenvalue weighted by Crippen LogP contribution is 2.24. The highest BCUT2D eigenvalue weighted by molar-refractivity contribution is 5.32. The smallest absolute Gasteiger partial charge is 0.0208 e. The van der Waals surface area contributed by atoms with Gasteiger partial charge in [0.15, 0.2) is 0 Å². The second-order valence-corrected chi connectivity index (χ2v) is 6.84. The Morgan fingerprint density at radius 1 is 1.15 bits per heavy atom. The molecule has 2 heteroatoms. The van der Waals surface area contributed by atoms with Crippen LogP contribution in [0.4, 0.5) is 0 Å². The van der Waals surface area contributed by atoms with Crippen molar-refractivity contribution in [3.63, 3.8) is 0 Å². The lowest BCUT2D eigenvalue weighted by Gasteiger charge is -2.29. The Labute approximate surface area is 124 Å². The van der Waals surface area contributed by atoms with Gasteiger partial charge in [-0.1, -0.05) is 52.0 Å². The van der Waals surface area contributed by atoms with E-state index >= 15 is 0 Å². The van der Waals surface area contributed by atoms with Crippen molar-refractivity contribution in [1.29, 1.82) is 0 Å². The molecule has 0 aliphatic carbocycles. The topological polar surface area (TPSA) is 24.1 Å². The predicted octanol–water partition coefficient (Wildman–Crippen LogP) is 3.39. The molecule has 0 fully saturated rings. The minimum atomic E-state index is 0.611. The van der Waals surface area contributed by atoms with Crippen molar-refractivity contribution >= 4 is 0 Å². The molecule has 1 aliphatic heterocycles. The molecule has 2 N–H and O–H groups in total. The van der Waals surface area contributed by atoms with E-state index in [2.05, 4.69) is 62.6 Å². The standard InChI is InChI=1S/C18H30N2/c1-13(2)18(14(3)4)12-20-11-16-10-19-9-15-7-5-6-8-17(15)16/h5-8,13-14,16,18-20H,9-12H2,1-4H3. The summed E-state index contributed by atoms with van der Waals surface area (Å²) in [5.41, 5.74) is 3.00. The molecule has 1 aromatic rings. The van der Waals surface area contributed by atoms with Crippen LogP contribution in [0.2, 0.25) is 0 Å². The maximum Gasteiger partial charge on any atom is 0.0208 e. The summed E-state index contributed by atoms with van der Waals surface area (Å²) in [5.74, 6) is 2.88. The first-order chi connectivity index (χ1) is 9.59. The third-order valence-electron chi connectivity index (χ3n) is 4.68. The summed E-state index contributed by atoms with van der Waals surface area (Å²) < 4.78 is 0. The van der Waals surface area contributed by atoms with Crippen LogP contribution in [0, 0.1) is 17.8 Å². The minimum absolute atomic E-state index is 0.611. The largest absolute Gasteiger partial charge is 0.316 e. The van der Waals surface area contributed by atoms with Crippen LogP contribution in [0.1, 0.15) is 44.7 Å². The van der Waals surface area contributed by atoms with Crippen LogP contribution in [-0.2, 0) is 6.54 Å². The van der Waals surface area contributed by atoms with E-state index in [0.717, 1.165) is 43.9 Å². The molecule has 1 aliphatic rings. The Morgan fingerprint density at radius 3 is 2.55 bits per heavy atom. The van der Waals surface area contributed by atoms with Crippen molar-refractivity contribution in [2.24, 2.45) is 17.8 Å². The molecule has 0 aromatic heterocycles. The molecule has 2 nitrogen and oxygen atoms in total.